The number of methoxy groups -OCH3 is 1. The molecule has 25 heavy (non-hydrogen) atoms. The van der Waals surface area contributed by atoms with E-state index in [2.05, 4.69) is 42.0 Å². The van der Waals surface area contributed by atoms with Crippen molar-refractivity contribution in [3.63, 3.8) is 0 Å². The van der Waals surface area contributed by atoms with Crippen molar-refractivity contribution < 1.29 is 14.3 Å². The molecule has 0 aliphatic rings. The molecule has 0 aliphatic carbocycles. The molecular formula is C20H24BrNO3. The molecule has 0 fully saturated rings. The minimum absolute atomic E-state index is 0.0494. The summed E-state index contributed by atoms with van der Waals surface area (Å²) in [6.07, 6.45) is -0.638. The molecule has 1 atom stereocenters. The number of nitrogens with one attached hydrogen (secondary N) is 1. The van der Waals surface area contributed by atoms with E-state index < -0.39 is 6.10 Å². The molecular weight excluding hydrogens is 382 g/mol. The van der Waals surface area contributed by atoms with Gasteiger partial charge in [-0.2, -0.15) is 0 Å². The zero-order valence-electron chi connectivity index (χ0n) is 15.2. The fraction of sp³-hybridized carbons (Fsp3) is 0.350. The molecule has 134 valence electrons. The van der Waals surface area contributed by atoms with E-state index in [-0.39, 0.29) is 11.3 Å². The summed E-state index contributed by atoms with van der Waals surface area (Å²) in [5, 5.41) is 2.90. The Morgan fingerprint density at radius 3 is 2.40 bits per heavy atom. The fourth-order valence-electron chi connectivity index (χ4n) is 2.25. The monoisotopic (exact) mass is 405 g/mol. The number of hydrogen-bond acceptors (Lipinski definition) is 3. The molecule has 1 N–H and O–H groups in total. The van der Waals surface area contributed by atoms with E-state index in [4.69, 9.17) is 9.47 Å². The first-order chi connectivity index (χ1) is 11.7. The Hall–Kier alpha value is -2.01. The molecule has 1 unspecified atom stereocenters. The van der Waals surface area contributed by atoms with Crippen LogP contribution in [0.1, 0.15) is 33.3 Å². The second kappa shape index (κ2) is 7.91. The van der Waals surface area contributed by atoms with Crippen molar-refractivity contribution in [1.82, 2.24) is 0 Å². The standard InChI is InChI=1S/C20H24BrNO3/c1-13(25-16-8-6-7-15(12-16)24-5)19(23)22-18-10-9-14(11-17(18)21)20(2,3)4/h6-13H,1-5H3,(H,22,23). The van der Waals surface area contributed by atoms with E-state index in [1.54, 1.807) is 26.2 Å². The van der Waals surface area contributed by atoms with Crippen LogP contribution in [0.4, 0.5) is 5.69 Å². The minimum Gasteiger partial charge on any atom is -0.497 e. The molecule has 2 aromatic carbocycles. The highest BCUT2D eigenvalue weighted by Crippen LogP contribution is 2.30. The Bertz CT molecular complexity index is 753. The molecule has 1 amide bonds. The van der Waals surface area contributed by atoms with Gasteiger partial charge in [0.05, 0.1) is 12.8 Å². The van der Waals surface area contributed by atoms with Crippen LogP contribution in [0.25, 0.3) is 0 Å². The smallest absolute Gasteiger partial charge is 0.265 e. The van der Waals surface area contributed by atoms with Crippen molar-refractivity contribution >= 4 is 27.5 Å². The lowest BCUT2D eigenvalue weighted by Gasteiger charge is -2.21. The van der Waals surface area contributed by atoms with Gasteiger partial charge in [0.1, 0.15) is 11.5 Å². The predicted molar refractivity (Wildman–Crippen MR) is 105 cm³/mol. The van der Waals surface area contributed by atoms with E-state index in [9.17, 15) is 4.79 Å². The molecule has 0 saturated heterocycles. The Morgan fingerprint density at radius 2 is 1.80 bits per heavy atom. The van der Waals surface area contributed by atoms with Gasteiger partial charge in [-0.3, -0.25) is 4.79 Å². The average Bonchev–Trinajstić information content (AvgIpc) is 2.55. The van der Waals surface area contributed by atoms with Crippen LogP contribution >= 0.6 is 15.9 Å². The molecule has 5 heteroatoms. The summed E-state index contributed by atoms with van der Waals surface area (Å²) < 4.78 is 11.7. The van der Waals surface area contributed by atoms with Crippen molar-refractivity contribution in [2.45, 2.75) is 39.2 Å². The first-order valence-corrected chi connectivity index (χ1v) is 8.91. The van der Waals surface area contributed by atoms with Gasteiger partial charge in [0.15, 0.2) is 6.10 Å². The maximum absolute atomic E-state index is 12.4. The second-order valence-corrected chi connectivity index (χ2v) is 7.73. The van der Waals surface area contributed by atoms with Crippen LogP contribution in [-0.4, -0.2) is 19.1 Å². The lowest BCUT2D eigenvalue weighted by molar-refractivity contribution is -0.122. The van der Waals surface area contributed by atoms with Crippen molar-refractivity contribution in [3.05, 3.63) is 52.5 Å². The van der Waals surface area contributed by atoms with Crippen LogP contribution in [0.3, 0.4) is 0 Å². The Kier molecular flexibility index (Phi) is 6.11. The van der Waals surface area contributed by atoms with Crippen LogP contribution in [0.15, 0.2) is 46.9 Å². The molecule has 4 nitrogen and oxygen atoms in total. The summed E-state index contributed by atoms with van der Waals surface area (Å²) in [5.74, 6) is 1.06. The van der Waals surface area contributed by atoms with Crippen LogP contribution in [0.2, 0.25) is 0 Å². The molecule has 0 heterocycles. The lowest BCUT2D eigenvalue weighted by atomic mass is 9.87. The summed E-state index contributed by atoms with van der Waals surface area (Å²) in [6.45, 7) is 8.16. The molecule has 0 saturated carbocycles. The molecule has 0 spiro atoms. The number of anilines is 1. The normalized spacial score (nSPS) is 12.4. The third-order valence-corrected chi connectivity index (χ3v) is 4.47. The van der Waals surface area contributed by atoms with Gasteiger partial charge < -0.3 is 14.8 Å². The predicted octanol–water partition coefficient (Wildman–Crippen LogP) is 5.16. The van der Waals surface area contributed by atoms with Gasteiger partial charge >= 0.3 is 0 Å². The number of halogens is 1. The highest BCUT2D eigenvalue weighted by atomic mass is 79.9. The zero-order valence-corrected chi connectivity index (χ0v) is 16.8. The van der Waals surface area contributed by atoms with E-state index in [1.165, 1.54) is 5.56 Å². The number of carbonyl (C=O) groups excluding carboxylic acids is 1. The molecule has 0 aliphatic heterocycles. The molecule has 0 radical (unpaired) electrons. The van der Waals surface area contributed by atoms with Crippen molar-refractivity contribution in [3.8, 4) is 11.5 Å². The van der Waals surface area contributed by atoms with Crippen LogP contribution in [0.5, 0.6) is 11.5 Å². The van der Waals surface area contributed by atoms with Crippen LogP contribution in [0, 0.1) is 0 Å². The van der Waals surface area contributed by atoms with Crippen LogP contribution in [-0.2, 0) is 10.2 Å². The number of hydrogen-bond donors (Lipinski definition) is 1. The minimum atomic E-state index is -0.638. The van der Waals surface area contributed by atoms with E-state index in [0.717, 1.165) is 10.2 Å². The van der Waals surface area contributed by atoms with Gasteiger partial charge in [-0.05, 0) is 58.1 Å². The topological polar surface area (TPSA) is 47.6 Å². The summed E-state index contributed by atoms with van der Waals surface area (Å²) in [4.78, 5) is 12.4. The van der Waals surface area contributed by atoms with Gasteiger partial charge in [0.2, 0.25) is 0 Å². The van der Waals surface area contributed by atoms with Gasteiger partial charge in [0, 0.05) is 10.5 Å². The summed E-state index contributed by atoms with van der Waals surface area (Å²) in [7, 11) is 1.59. The largest absolute Gasteiger partial charge is 0.497 e. The van der Waals surface area contributed by atoms with Gasteiger partial charge in [-0.1, -0.05) is 32.9 Å². The van der Waals surface area contributed by atoms with Crippen molar-refractivity contribution in [2.24, 2.45) is 0 Å². The quantitative estimate of drug-likeness (QED) is 0.746. The molecule has 0 aromatic heterocycles. The number of benzene rings is 2. The van der Waals surface area contributed by atoms with Crippen molar-refractivity contribution in [2.75, 3.05) is 12.4 Å². The molecule has 0 bridgehead atoms. The number of carbonyl (C=O) groups is 1. The first-order valence-electron chi connectivity index (χ1n) is 8.12. The van der Waals surface area contributed by atoms with E-state index in [0.29, 0.717) is 11.5 Å². The Morgan fingerprint density at radius 1 is 1.12 bits per heavy atom. The van der Waals surface area contributed by atoms with E-state index in [1.807, 2.05) is 30.3 Å². The Labute approximate surface area is 157 Å². The Balaban J connectivity index is 2.05. The highest BCUT2D eigenvalue weighted by Gasteiger charge is 2.18. The summed E-state index contributed by atoms with van der Waals surface area (Å²) in [6, 6.07) is 13.1. The van der Waals surface area contributed by atoms with Crippen LogP contribution < -0.4 is 14.8 Å². The average molecular weight is 406 g/mol. The summed E-state index contributed by atoms with van der Waals surface area (Å²) in [5.41, 5.74) is 1.96. The third-order valence-electron chi connectivity index (χ3n) is 3.82. The maximum atomic E-state index is 12.4. The third kappa shape index (κ3) is 5.23. The van der Waals surface area contributed by atoms with E-state index >= 15 is 0 Å². The van der Waals surface area contributed by atoms with Gasteiger partial charge in [-0.25, -0.2) is 0 Å². The number of ether oxygens (including phenoxy) is 2. The first kappa shape index (κ1) is 19.3. The SMILES string of the molecule is COc1cccc(OC(C)C(=O)Nc2ccc(C(C)(C)C)cc2Br)c1. The highest BCUT2D eigenvalue weighted by molar-refractivity contribution is 9.10. The number of rotatable bonds is 5. The van der Waals surface area contributed by atoms with Gasteiger partial charge in [-0.15, -0.1) is 0 Å². The lowest BCUT2D eigenvalue weighted by Crippen LogP contribution is -2.30. The number of amides is 1. The van der Waals surface area contributed by atoms with Gasteiger partial charge in [0.25, 0.3) is 5.91 Å². The fourth-order valence-corrected chi connectivity index (χ4v) is 2.73. The second-order valence-electron chi connectivity index (χ2n) is 6.87. The maximum Gasteiger partial charge on any atom is 0.265 e. The molecule has 2 aromatic rings. The molecule has 2 rings (SSSR count). The zero-order chi connectivity index (χ0) is 18.6. The van der Waals surface area contributed by atoms with Crippen molar-refractivity contribution in [1.29, 1.82) is 0 Å². The summed E-state index contributed by atoms with van der Waals surface area (Å²) >= 11 is 3.53.